The van der Waals surface area contributed by atoms with Crippen molar-refractivity contribution in [1.82, 2.24) is 9.47 Å². The lowest BCUT2D eigenvalue weighted by atomic mass is 10.0. The number of nitrogens with zero attached hydrogens (tertiary/aromatic N) is 3. The van der Waals surface area contributed by atoms with Gasteiger partial charge < -0.3 is 24.6 Å². The monoisotopic (exact) mass is 651 g/mol. The number of anilines is 1. The van der Waals surface area contributed by atoms with Crippen LogP contribution < -0.4 is 24.4 Å². The van der Waals surface area contributed by atoms with Gasteiger partial charge in [-0.25, -0.2) is 0 Å². The molecule has 2 N–H and O–H groups in total. The van der Waals surface area contributed by atoms with E-state index in [-0.39, 0.29) is 30.9 Å². The highest BCUT2D eigenvalue weighted by molar-refractivity contribution is 8.30. The van der Waals surface area contributed by atoms with Gasteiger partial charge in [-0.05, 0) is 29.7 Å². The van der Waals surface area contributed by atoms with Gasteiger partial charge in [0.1, 0.15) is 39.3 Å². The number of carboxylic acids is 2. The summed E-state index contributed by atoms with van der Waals surface area (Å²) in [6.07, 6.45) is 1.63. The first-order chi connectivity index (χ1) is 19.9. The van der Waals surface area contributed by atoms with Crippen molar-refractivity contribution >= 4 is 91.9 Å². The number of allylic oxidation sites excluding steroid dienone is 1. The van der Waals surface area contributed by atoms with Crippen molar-refractivity contribution in [1.29, 1.82) is 0 Å². The Balaban J connectivity index is 1.96. The van der Waals surface area contributed by atoms with E-state index in [2.05, 4.69) is 0 Å². The van der Waals surface area contributed by atoms with E-state index in [0.29, 0.717) is 16.4 Å². The smallest absolute Gasteiger partial charge is 0.325 e. The van der Waals surface area contributed by atoms with Gasteiger partial charge in [0, 0.05) is 11.0 Å². The van der Waals surface area contributed by atoms with Crippen molar-refractivity contribution in [2.24, 2.45) is 5.92 Å². The number of fused-ring (bicyclic) bond motifs is 1. The van der Waals surface area contributed by atoms with Crippen molar-refractivity contribution in [3.8, 4) is 5.75 Å². The van der Waals surface area contributed by atoms with Crippen molar-refractivity contribution < 1.29 is 38.9 Å². The van der Waals surface area contributed by atoms with Crippen LogP contribution in [0.3, 0.4) is 0 Å². The summed E-state index contributed by atoms with van der Waals surface area (Å²) in [4.78, 5) is 65.5. The number of rotatable bonds is 9. The van der Waals surface area contributed by atoms with E-state index in [1.807, 2.05) is 19.9 Å². The molecule has 1 aromatic heterocycles. The molecule has 1 amide bonds. The predicted octanol–water partition coefficient (Wildman–Crippen LogP) is 1.49. The molecular formula is C26H25N3O9S4. The van der Waals surface area contributed by atoms with Gasteiger partial charge in [-0.15, -0.1) is 11.3 Å². The first-order valence-electron chi connectivity index (χ1n) is 12.2. The minimum atomic E-state index is -1.30. The lowest BCUT2D eigenvalue weighted by molar-refractivity contribution is -0.140. The highest BCUT2D eigenvalue weighted by atomic mass is 32.2. The van der Waals surface area contributed by atoms with Crippen molar-refractivity contribution in [2.45, 2.75) is 25.3 Å². The Morgan fingerprint density at radius 2 is 1.71 bits per heavy atom. The number of benzene rings is 1. The molecule has 2 aliphatic heterocycles. The second kappa shape index (κ2) is 12.7. The molecule has 3 heterocycles. The molecule has 0 aliphatic carbocycles. The molecule has 0 spiro atoms. The van der Waals surface area contributed by atoms with Gasteiger partial charge in [-0.3, -0.25) is 33.4 Å². The van der Waals surface area contributed by atoms with Crippen LogP contribution in [0.25, 0.3) is 11.0 Å². The number of aliphatic carboxylic acids is 2. The molecule has 1 saturated heterocycles. The summed E-state index contributed by atoms with van der Waals surface area (Å²) in [5, 5.41) is 19.4. The molecule has 222 valence electrons. The second-order valence-corrected chi connectivity index (χ2v) is 12.9. The van der Waals surface area contributed by atoms with Gasteiger partial charge in [-0.1, -0.05) is 49.6 Å². The first kappa shape index (κ1) is 31.3. The topological polar surface area (TPSA) is 156 Å². The van der Waals surface area contributed by atoms with Crippen molar-refractivity contribution in [3.05, 3.63) is 48.4 Å². The number of methoxy groups -OCH3 is 2. The number of aromatic nitrogens is 1. The summed E-state index contributed by atoms with van der Waals surface area (Å²) in [6.45, 7) is 2.34. The molecule has 1 fully saturated rings. The van der Waals surface area contributed by atoms with Crippen LogP contribution in [0.5, 0.6) is 5.75 Å². The fourth-order valence-corrected chi connectivity index (χ4v) is 7.95. The normalized spacial score (nSPS) is 17.7. The summed E-state index contributed by atoms with van der Waals surface area (Å²) in [5.41, 5.74) is 0.767. The molecule has 1 aromatic carbocycles. The Labute approximate surface area is 256 Å². The molecule has 2 aromatic rings. The number of thiocarbonyl (C=S) groups is 1. The maximum absolute atomic E-state index is 13.6. The number of amides is 1. The average molecular weight is 652 g/mol. The summed E-state index contributed by atoms with van der Waals surface area (Å²) in [6, 6.07) is 5.46. The molecule has 0 radical (unpaired) electrons. The van der Waals surface area contributed by atoms with Crippen LogP contribution in [0, 0.1) is 5.92 Å². The predicted molar refractivity (Wildman–Crippen MR) is 163 cm³/mol. The zero-order valence-corrected chi connectivity index (χ0v) is 26.0. The third-order valence-corrected chi connectivity index (χ3v) is 10.0. The number of esters is 1. The van der Waals surface area contributed by atoms with Gasteiger partial charge in [0.15, 0.2) is 0 Å². The fraction of sp³-hybridized carbons (Fsp3) is 0.308. The minimum absolute atomic E-state index is 0.00959. The number of carbonyl (C=O) groups excluding carboxylic acids is 2. The molecule has 0 bridgehead atoms. The standard InChI is InChI=1S/C26H25N3O9S4/c1-12(2)14(24-27(11-20(34)38-4)15-7-13(37-3)5-6-16(15)40-24)8-17-22(35)28(9-18(30)31)25(41-17)21-23(36)29(10-19(32)33)26(39)42-21/h5-8,12H,9-11H2,1-4H3,(H,30,31)(H,32,33). The van der Waals surface area contributed by atoms with Crippen LogP contribution >= 0.6 is 47.1 Å². The molecular weight excluding hydrogens is 627 g/mol. The highest BCUT2D eigenvalue weighted by Gasteiger charge is 2.36. The van der Waals surface area contributed by atoms with Gasteiger partial charge >= 0.3 is 17.9 Å². The zero-order chi connectivity index (χ0) is 30.9. The molecule has 0 unspecified atom stereocenters. The lowest BCUT2D eigenvalue weighted by Crippen LogP contribution is -2.37. The summed E-state index contributed by atoms with van der Waals surface area (Å²) < 4.78 is 11.5. The molecule has 4 rings (SSSR count). The number of thioether (sulfide) groups is 2. The number of carbonyl (C=O) groups is 4. The van der Waals surface area contributed by atoms with Crippen LogP contribution in [0.15, 0.2) is 38.5 Å². The third kappa shape index (κ3) is 6.25. The number of hydrogen-bond acceptors (Lipinski definition) is 12. The average Bonchev–Trinajstić information content (AvgIpc) is 3.53. The zero-order valence-electron chi connectivity index (χ0n) is 22.7. The second-order valence-electron chi connectivity index (χ2n) is 9.20. The Hall–Kier alpha value is -3.60. The van der Waals surface area contributed by atoms with Gasteiger partial charge in [0.05, 0.1) is 29.5 Å². The van der Waals surface area contributed by atoms with Crippen LogP contribution in [-0.4, -0.2) is 75.1 Å². The van der Waals surface area contributed by atoms with E-state index < -0.39 is 42.5 Å². The number of hydrogen-bond donors (Lipinski definition) is 2. The molecule has 0 saturated carbocycles. The first-order valence-corrected chi connectivity index (χ1v) is 15.1. The SMILES string of the molecule is COC(=O)CN1C(=C(C=c2sc(=C3SC(=S)N(CC(=O)O)C3=O)n(CC(=O)O)c2=O)C(C)C)Sc2ccc(OC)cc21. The number of ether oxygens (including phenoxy) is 2. The fourth-order valence-electron chi connectivity index (χ4n) is 4.14. The molecule has 12 nitrogen and oxygen atoms in total. The van der Waals surface area contributed by atoms with E-state index >= 15 is 0 Å². The molecule has 16 heteroatoms. The number of thiazole rings is 1. The maximum Gasteiger partial charge on any atom is 0.325 e. The van der Waals surface area contributed by atoms with Gasteiger partial charge in [-0.2, -0.15) is 0 Å². The van der Waals surface area contributed by atoms with Crippen LogP contribution in [0.4, 0.5) is 5.69 Å². The summed E-state index contributed by atoms with van der Waals surface area (Å²) in [5.74, 6) is -3.34. The largest absolute Gasteiger partial charge is 0.497 e. The van der Waals surface area contributed by atoms with E-state index in [1.54, 1.807) is 23.1 Å². The molecule has 0 atom stereocenters. The van der Waals surface area contributed by atoms with E-state index in [4.69, 9.17) is 21.7 Å². The summed E-state index contributed by atoms with van der Waals surface area (Å²) in [7, 11) is 2.83. The van der Waals surface area contributed by atoms with Crippen molar-refractivity contribution in [3.63, 3.8) is 0 Å². The molecule has 2 aliphatic rings. The van der Waals surface area contributed by atoms with Gasteiger partial charge in [0.2, 0.25) is 0 Å². The Morgan fingerprint density at radius 1 is 1.02 bits per heavy atom. The Bertz CT molecular complexity index is 1720. The van der Waals surface area contributed by atoms with Crippen molar-refractivity contribution in [2.75, 3.05) is 32.2 Å². The third-order valence-electron chi connectivity index (χ3n) is 6.12. The van der Waals surface area contributed by atoms with Crippen LogP contribution in [0.2, 0.25) is 0 Å². The van der Waals surface area contributed by atoms with Crippen LogP contribution in [0.1, 0.15) is 13.8 Å². The van der Waals surface area contributed by atoms with Gasteiger partial charge in [0.25, 0.3) is 11.5 Å². The van der Waals surface area contributed by atoms with Crippen LogP contribution in [-0.2, 0) is 30.5 Å². The summed E-state index contributed by atoms with van der Waals surface area (Å²) >= 11 is 8.31. The maximum atomic E-state index is 13.6. The molecule has 42 heavy (non-hydrogen) atoms. The Morgan fingerprint density at radius 3 is 2.31 bits per heavy atom. The van der Waals surface area contributed by atoms with E-state index in [9.17, 15) is 34.2 Å². The highest BCUT2D eigenvalue weighted by Crippen LogP contribution is 2.49. The Kier molecular flexibility index (Phi) is 9.50. The van der Waals surface area contributed by atoms with E-state index in [1.165, 1.54) is 26.0 Å². The number of carboxylic acid groups (broad SMARTS) is 2. The minimum Gasteiger partial charge on any atom is -0.497 e. The lowest BCUT2D eigenvalue weighted by Gasteiger charge is -2.22. The van der Waals surface area contributed by atoms with E-state index in [0.717, 1.165) is 43.1 Å². The quantitative estimate of drug-likeness (QED) is 0.297.